The SMILES string of the molecule is O=S(=O)(Nc1cscn1)c1c(F)cc(NCc2ccccc2CCN2CC(F)C2)cc1F. The Kier molecular flexibility index (Phi) is 6.68. The van der Waals surface area contributed by atoms with Crippen molar-refractivity contribution in [2.45, 2.75) is 24.0 Å². The fraction of sp³-hybridized carbons (Fsp3) is 0.286. The molecule has 3 aromatic rings. The smallest absolute Gasteiger partial charge is 0.268 e. The normalized spacial score (nSPS) is 14.8. The lowest BCUT2D eigenvalue weighted by Gasteiger charge is -2.34. The van der Waals surface area contributed by atoms with Gasteiger partial charge < -0.3 is 5.32 Å². The minimum absolute atomic E-state index is 0.00660. The van der Waals surface area contributed by atoms with Gasteiger partial charge in [0.05, 0.1) is 5.51 Å². The minimum atomic E-state index is -4.47. The van der Waals surface area contributed by atoms with Gasteiger partial charge in [-0.2, -0.15) is 0 Å². The number of benzene rings is 2. The number of rotatable bonds is 9. The molecule has 6 nitrogen and oxygen atoms in total. The lowest BCUT2D eigenvalue weighted by atomic mass is 10.0. The molecule has 0 amide bonds. The molecular formula is C21H21F3N4O2S2. The standard InChI is InChI=1S/C21H21F3N4O2S2/c22-16-10-28(11-16)6-5-14-3-1-2-4-15(14)9-25-17-7-18(23)21(19(24)8-17)32(29,30)27-20-12-31-13-26-20/h1-4,7-8,12-13,16,25,27H,5-6,9-11H2. The van der Waals surface area contributed by atoms with Crippen molar-refractivity contribution in [3.63, 3.8) is 0 Å². The second kappa shape index (κ2) is 9.47. The van der Waals surface area contributed by atoms with Crippen molar-refractivity contribution in [1.29, 1.82) is 0 Å². The average Bonchev–Trinajstić information content (AvgIpc) is 3.21. The Balaban J connectivity index is 1.44. The van der Waals surface area contributed by atoms with Crippen LogP contribution < -0.4 is 10.0 Å². The van der Waals surface area contributed by atoms with Gasteiger partial charge in [-0.25, -0.2) is 26.6 Å². The van der Waals surface area contributed by atoms with E-state index in [2.05, 4.69) is 15.0 Å². The highest BCUT2D eigenvalue weighted by Gasteiger charge is 2.26. The third-order valence-corrected chi connectivity index (χ3v) is 7.14. The molecule has 0 unspecified atom stereocenters. The molecular weight excluding hydrogens is 461 g/mol. The Morgan fingerprint density at radius 3 is 2.44 bits per heavy atom. The molecule has 0 bridgehead atoms. The maximum atomic E-state index is 14.6. The van der Waals surface area contributed by atoms with Gasteiger partial charge in [-0.05, 0) is 29.7 Å². The van der Waals surface area contributed by atoms with Crippen molar-refractivity contribution in [1.82, 2.24) is 9.88 Å². The highest BCUT2D eigenvalue weighted by atomic mass is 32.2. The lowest BCUT2D eigenvalue weighted by molar-refractivity contribution is 0.0670. The van der Waals surface area contributed by atoms with Crippen molar-refractivity contribution in [3.8, 4) is 0 Å². The molecule has 0 atom stereocenters. The summed E-state index contributed by atoms with van der Waals surface area (Å²) in [7, 11) is -4.47. The summed E-state index contributed by atoms with van der Waals surface area (Å²) in [6, 6.07) is 9.53. The molecule has 4 rings (SSSR count). The second-order valence-electron chi connectivity index (χ2n) is 7.48. The van der Waals surface area contributed by atoms with Crippen LogP contribution in [-0.2, 0) is 23.0 Å². The van der Waals surface area contributed by atoms with E-state index in [0.29, 0.717) is 19.6 Å². The number of aromatic nitrogens is 1. The molecule has 2 N–H and O–H groups in total. The summed E-state index contributed by atoms with van der Waals surface area (Å²) >= 11 is 1.15. The van der Waals surface area contributed by atoms with Crippen molar-refractivity contribution < 1.29 is 21.6 Å². The fourth-order valence-electron chi connectivity index (χ4n) is 3.51. The van der Waals surface area contributed by atoms with E-state index in [1.807, 2.05) is 29.2 Å². The van der Waals surface area contributed by atoms with E-state index in [-0.39, 0.29) is 11.5 Å². The third kappa shape index (κ3) is 5.22. The van der Waals surface area contributed by atoms with Crippen LogP contribution in [0.25, 0.3) is 0 Å². The van der Waals surface area contributed by atoms with Gasteiger partial charge in [0.15, 0.2) is 10.7 Å². The van der Waals surface area contributed by atoms with E-state index >= 15 is 0 Å². The summed E-state index contributed by atoms with van der Waals surface area (Å²) in [6.45, 7) is 1.93. The summed E-state index contributed by atoms with van der Waals surface area (Å²) in [5.41, 5.74) is 3.50. The van der Waals surface area contributed by atoms with Crippen LogP contribution in [0.15, 0.2) is 52.2 Å². The lowest BCUT2D eigenvalue weighted by Crippen LogP contribution is -2.48. The maximum absolute atomic E-state index is 14.6. The number of sulfonamides is 1. The van der Waals surface area contributed by atoms with Crippen LogP contribution in [-0.4, -0.2) is 44.1 Å². The Hall–Kier alpha value is -2.63. The van der Waals surface area contributed by atoms with Crippen LogP contribution in [0, 0.1) is 11.6 Å². The van der Waals surface area contributed by atoms with Crippen molar-refractivity contribution in [2.24, 2.45) is 0 Å². The highest BCUT2D eigenvalue weighted by Crippen LogP contribution is 2.26. The van der Waals surface area contributed by atoms with Crippen molar-refractivity contribution >= 4 is 32.9 Å². The average molecular weight is 483 g/mol. The van der Waals surface area contributed by atoms with Gasteiger partial charge >= 0.3 is 0 Å². The number of nitrogens with one attached hydrogen (secondary N) is 2. The molecule has 1 aliphatic rings. The van der Waals surface area contributed by atoms with Gasteiger partial charge in [0.1, 0.15) is 17.8 Å². The Labute approximate surface area is 188 Å². The zero-order valence-corrected chi connectivity index (χ0v) is 18.5. The molecule has 11 heteroatoms. The van der Waals surface area contributed by atoms with Crippen molar-refractivity contribution in [3.05, 3.63) is 70.1 Å². The molecule has 1 fully saturated rings. The largest absolute Gasteiger partial charge is 0.381 e. The molecule has 1 aromatic heterocycles. The van der Waals surface area contributed by atoms with E-state index < -0.39 is 32.7 Å². The van der Waals surface area contributed by atoms with Crippen molar-refractivity contribution in [2.75, 3.05) is 29.7 Å². The van der Waals surface area contributed by atoms with E-state index in [1.165, 1.54) is 10.9 Å². The van der Waals surface area contributed by atoms with Crippen LogP contribution in [0.5, 0.6) is 0 Å². The summed E-state index contributed by atoms with van der Waals surface area (Å²) in [5, 5.41) is 4.37. The van der Waals surface area contributed by atoms with Gasteiger partial charge in [-0.3, -0.25) is 9.62 Å². The summed E-state index contributed by atoms with van der Waals surface area (Å²) in [4.78, 5) is 4.73. The molecule has 1 aliphatic heterocycles. The number of anilines is 2. The molecule has 0 saturated carbocycles. The van der Waals surface area contributed by atoms with E-state index in [1.54, 1.807) is 0 Å². The molecule has 2 heterocycles. The van der Waals surface area contributed by atoms with Gasteiger partial charge in [-0.1, -0.05) is 24.3 Å². The number of likely N-dealkylation sites (tertiary alicyclic amines) is 1. The fourth-order valence-corrected chi connectivity index (χ4v) is 5.19. The number of thiazole rings is 1. The number of alkyl halides is 1. The summed E-state index contributed by atoms with van der Waals surface area (Å²) in [5.74, 6) is -2.42. The summed E-state index contributed by atoms with van der Waals surface area (Å²) < 4.78 is 69.0. The van der Waals surface area contributed by atoms with Gasteiger partial charge in [0.2, 0.25) is 0 Å². The highest BCUT2D eigenvalue weighted by molar-refractivity contribution is 7.92. The number of halogens is 3. The first kappa shape index (κ1) is 22.6. The molecule has 0 spiro atoms. The number of hydrogen-bond acceptors (Lipinski definition) is 6. The van der Waals surface area contributed by atoms with Crippen LogP contribution in [0.1, 0.15) is 11.1 Å². The quantitative estimate of drug-likeness (QED) is 0.482. The molecule has 2 aromatic carbocycles. The predicted octanol–water partition coefficient (Wildman–Crippen LogP) is 4.03. The van der Waals surface area contributed by atoms with E-state index in [0.717, 1.165) is 47.6 Å². The van der Waals surface area contributed by atoms with Gasteiger partial charge in [0.25, 0.3) is 10.0 Å². The first-order chi connectivity index (χ1) is 15.3. The first-order valence-corrected chi connectivity index (χ1v) is 12.3. The van der Waals surface area contributed by atoms with E-state index in [4.69, 9.17) is 0 Å². The molecule has 1 saturated heterocycles. The molecule has 0 radical (unpaired) electrons. The van der Waals surface area contributed by atoms with Gasteiger partial charge in [-0.15, -0.1) is 11.3 Å². The van der Waals surface area contributed by atoms with Crippen LogP contribution in [0.4, 0.5) is 24.7 Å². The topological polar surface area (TPSA) is 74.3 Å². The Morgan fingerprint density at radius 2 is 1.81 bits per heavy atom. The third-order valence-electron chi connectivity index (χ3n) is 5.15. The minimum Gasteiger partial charge on any atom is -0.381 e. The molecule has 32 heavy (non-hydrogen) atoms. The first-order valence-electron chi connectivity index (χ1n) is 9.89. The van der Waals surface area contributed by atoms with Gasteiger partial charge in [0, 0.05) is 37.2 Å². The van der Waals surface area contributed by atoms with Crippen LogP contribution >= 0.6 is 11.3 Å². The number of nitrogens with zero attached hydrogens (tertiary/aromatic N) is 2. The monoisotopic (exact) mass is 482 g/mol. The molecule has 170 valence electrons. The van der Waals surface area contributed by atoms with Crippen LogP contribution in [0.3, 0.4) is 0 Å². The van der Waals surface area contributed by atoms with Crippen LogP contribution in [0.2, 0.25) is 0 Å². The summed E-state index contributed by atoms with van der Waals surface area (Å²) in [6.07, 6.45) is -0.0209. The zero-order valence-electron chi connectivity index (χ0n) is 16.9. The Bertz CT molecular complexity index is 1160. The Morgan fingerprint density at radius 1 is 1.12 bits per heavy atom. The maximum Gasteiger partial charge on any atom is 0.268 e. The second-order valence-corrected chi connectivity index (χ2v) is 9.82. The zero-order chi connectivity index (χ0) is 22.7. The number of hydrogen-bond donors (Lipinski definition) is 2. The molecule has 0 aliphatic carbocycles. The van der Waals surface area contributed by atoms with E-state index in [9.17, 15) is 21.6 Å². The predicted molar refractivity (Wildman–Crippen MR) is 118 cm³/mol.